The van der Waals surface area contributed by atoms with Crippen LogP contribution in [-0.4, -0.2) is 38.9 Å². The number of halogens is 4. The topological polar surface area (TPSA) is 63.7 Å². The van der Waals surface area contributed by atoms with Gasteiger partial charge in [0.25, 0.3) is 0 Å². The Balaban J connectivity index is 2.31. The molecular weight excluding hydrogens is 371 g/mol. The van der Waals surface area contributed by atoms with Gasteiger partial charge in [-0.05, 0) is 31.0 Å². The molecule has 134 valence electrons. The Labute approximate surface area is 142 Å². The van der Waals surface area contributed by atoms with Gasteiger partial charge in [-0.2, -0.15) is 17.5 Å². The summed E-state index contributed by atoms with van der Waals surface area (Å²) in [4.78, 5) is 10.6. The van der Waals surface area contributed by atoms with E-state index in [-0.39, 0.29) is 31.0 Å². The molecule has 1 heterocycles. The lowest BCUT2D eigenvalue weighted by Gasteiger charge is -2.30. The monoisotopic (exact) mass is 385 g/mol. The van der Waals surface area contributed by atoms with Gasteiger partial charge in [-0.25, -0.2) is 8.42 Å². The molecule has 0 aliphatic carbocycles. The van der Waals surface area contributed by atoms with E-state index < -0.39 is 38.5 Å². The second-order valence-corrected chi connectivity index (χ2v) is 7.68. The van der Waals surface area contributed by atoms with Gasteiger partial charge >= 0.3 is 12.1 Å². The summed E-state index contributed by atoms with van der Waals surface area (Å²) in [5.74, 6) is -0.900. The quantitative estimate of drug-likeness (QED) is 0.750. The summed E-state index contributed by atoms with van der Waals surface area (Å²) < 4.78 is 70.1. The van der Waals surface area contributed by atoms with Crippen LogP contribution in [0.25, 0.3) is 0 Å². The summed E-state index contributed by atoms with van der Waals surface area (Å²) in [6.07, 6.45) is -4.46. The molecule has 1 aromatic rings. The zero-order chi connectivity index (χ0) is 18.1. The minimum absolute atomic E-state index is 0.0535. The van der Waals surface area contributed by atoms with Crippen LogP contribution in [0, 0.1) is 5.92 Å². The number of esters is 1. The normalized spacial score (nSPS) is 17.7. The highest BCUT2D eigenvalue weighted by atomic mass is 35.5. The van der Waals surface area contributed by atoms with Crippen molar-refractivity contribution in [3.8, 4) is 0 Å². The number of alkyl halides is 3. The Hall–Kier alpha value is -1.32. The summed E-state index contributed by atoms with van der Waals surface area (Å²) in [5.41, 5.74) is -1.30. The Morgan fingerprint density at radius 1 is 1.29 bits per heavy atom. The summed E-state index contributed by atoms with van der Waals surface area (Å²) in [6, 6.07) is 2.55. The van der Waals surface area contributed by atoms with Gasteiger partial charge in [0.15, 0.2) is 0 Å². The number of ether oxygens (including phenoxy) is 1. The first-order valence-corrected chi connectivity index (χ1v) is 8.84. The lowest BCUT2D eigenvalue weighted by molar-refractivity contribution is -0.146. The molecule has 0 N–H and O–H groups in total. The van der Waals surface area contributed by atoms with Crippen molar-refractivity contribution in [2.75, 3.05) is 20.2 Å². The smallest absolute Gasteiger partial charge is 0.417 e. The molecule has 1 aliphatic heterocycles. The highest BCUT2D eigenvalue weighted by Crippen LogP contribution is 2.37. The van der Waals surface area contributed by atoms with Crippen molar-refractivity contribution in [1.82, 2.24) is 4.31 Å². The van der Waals surface area contributed by atoms with E-state index in [2.05, 4.69) is 4.74 Å². The lowest BCUT2D eigenvalue weighted by atomic mass is 9.99. The molecule has 2 rings (SSSR count). The molecule has 10 heteroatoms. The highest BCUT2D eigenvalue weighted by Gasteiger charge is 2.40. The first-order chi connectivity index (χ1) is 11.1. The third-order valence-electron chi connectivity index (χ3n) is 3.85. The highest BCUT2D eigenvalue weighted by molar-refractivity contribution is 7.89. The van der Waals surface area contributed by atoms with Gasteiger partial charge in [0, 0.05) is 18.1 Å². The molecule has 1 fully saturated rings. The Kier molecular flexibility index (Phi) is 5.46. The summed E-state index contributed by atoms with van der Waals surface area (Å²) >= 11 is 5.57. The van der Waals surface area contributed by atoms with E-state index in [1.165, 1.54) is 7.11 Å². The number of methoxy groups -OCH3 is 1. The average Bonchev–Trinajstić information content (AvgIpc) is 2.53. The van der Waals surface area contributed by atoms with Crippen molar-refractivity contribution in [1.29, 1.82) is 0 Å². The van der Waals surface area contributed by atoms with Crippen LogP contribution in [0.2, 0.25) is 5.02 Å². The molecule has 0 aromatic heterocycles. The third kappa shape index (κ3) is 3.84. The Morgan fingerprint density at radius 2 is 1.88 bits per heavy atom. The molecule has 1 aromatic carbocycles. The fraction of sp³-hybridized carbons (Fsp3) is 0.500. The molecule has 24 heavy (non-hydrogen) atoms. The Bertz CT molecular complexity index is 728. The maximum absolute atomic E-state index is 13.1. The fourth-order valence-electron chi connectivity index (χ4n) is 2.59. The lowest BCUT2D eigenvalue weighted by Crippen LogP contribution is -2.41. The number of hydrogen-bond donors (Lipinski definition) is 0. The molecule has 1 saturated heterocycles. The molecular formula is C14H15ClF3NO4S. The van der Waals surface area contributed by atoms with Crippen molar-refractivity contribution >= 4 is 27.6 Å². The van der Waals surface area contributed by atoms with Crippen molar-refractivity contribution in [3.63, 3.8) is 0 Å². The van der Waals surface area contributed by atoms with E-state index in [0.29, 0.717) is 6.07 Å². The van der Waals surface area contributed by atoms with E-state index in [1.54, 1.807) is 0 Å². The largest absolute Gasteiger partial charge is 0.469 e. The van der Waals surface area contributed by atoms with Crippen molar-refractivity contribution in [2.45, 2.75) is 23.9 Å². The third-order valence-corrected chi connectivity index (χ3v) is 6.05. The molecule has 0 saturated carbocycles. The standard InChI is InChI=1S/C14H15ClF3NO4S/c1-23-13(20)9-4-6-19(7-5-9)24(21,22)12-3-2-10(15)8-11(12)14(16,17)18/h2-3,8-9H,4-7H2,1H3. The van der Waals surface area contributed by atoms with E-state index in [9.17, 15) is 26.4 Å². The predicted molar refractivity (Wildman–Crippen MR) is 80.0 cm³/mol. The SMILES string of the molecule is COC(=O)C1CCN(S(=O)(=O)c2ccc(Cl)cc2C(F)(F)F)CC1. The molecule has 0 bridgehead atoms. The molecule has 0 amide bonds. The number of hydrogen-bond acceptors (Lipinski definition) is 4. The average molecular weight is 386 g/mol. The molecule has 0 atom stereocenters. The molecule has 1 aliphatic rings. The van der Waals surface area contributed by atoms with Crippen LogP contribution in [0.4, 0.5) is 13.2 Å². The van der Waals surface area contributed by atoms with Crippen LogP contribution in [-0.2, 0) is 25.7 Å². The number of benzene rings is 1. The zero-order valence-electron chi connectivity index (χ0n) is 12.6. The van der Waals surface area contributed by atoms with Crippen LogP contribution in [0.15, 0.2) is 23.1 Å². The van der Waals surface area contributed by atoms with Crippen LogP contribution >= 0.6 is 11.6 Å². The minimum Gasteiger partial charge on any atom is -0.469 e. The fourth-order valence-corrected chi connectivity index (χ4v) is 4.42. The number of carbonyl (C=O) groups excluding carboxylic acids is 1. The Morgan fingerprint density at radius 3 is 2.38 bits per heavy atom. The zero-order valence-corrected chi connectivity index (χ0v) is 14.2. The molecule has 5 nitrogen and oxygen atoms in total. The first-order valence-electron chi connectivity index (χ1n) is 7.02. The first kappa shape index (κ1) is 19.0. The number of nitrogens with zero attached hydrogens (tertiary/aromatic N) is 1. The van der Waals surface area contributed by atoms with Gasteiger partial charge in [0.1, 0.15) is 0 Å². The number of carbonyl (C=O) groups is 1. The van der Waals surface area contributed by atoms with Crippen LogP contribution in [0.3, 0.4) is 0 Å². The van der Waals surface area contributed by atoms with E-state index >= 15 is 0 Å². The van der Waals surface area contributed by atoms with E-state index in [4.69, 9.17) is 11.6 Å². The number of rotatable bonds is 3. The van der Waals surface area contributed by atoms with Gasteiger partial charge in [0.05, 0.1) is 23.5 Å². The van der Waals surface area contributed by atoms with Crippen LogP contribution < -0.4 is 0 Å². The second-order valence-electron chi connectivity index (χ2n) is 5.34. The van der Waals surface area contributed by atoms with E-state index in [1.807, 2.05) is 0 Å². The van der Waals surface area contributed by atoms with Gasteiger partial charge in [-0.3, -0.25) is 4.79 Å². The van der Waals surface area contributed by atoms with Crippen LogP contribution in [0.1, 0.15) is 18.4 Å². The van der Waals surface area contributed by atoms with Crippen molar-refractivity contribution in [2.24, 2.45) is 5.92 Å². The maximum atomic E-state index is 13.1. The molecule has 0 unspecified atom stereocenters. The summed E-state index contributed by atoms with van der Waals surface area (Å²) in [7, 11) is -3.11. The van der Waals surface area contributed by atoms with Gasteiger partial charge in [-0.15, -0.1) is 0 Å². The minimum atomic E-state index is -4.85. The summed E-state index contributed by atoms with van der Waals surface area (Å²) in [6.45, 7) is -0.107. The van der Waals surface area contributed by atoms with Gasteiger partial charge < -0.3 is 4.74 Å². The maximum Gasteiger partial charge on any atom is 0.417 e. The second kappa shape index (κ2) is 6.89. The van der Waals surface area contributed by atoms with Gasteiger partial charge in [0.2, 0.25) is 10.0 Å². The van der Waals surface area contributed by atoms with Crippen molar-refractivity contribution in [3.05, 3.63) is 28.8 Å². The van der Waals surface area contributed by atoms with E-state index in [0.717, 1.165) is 16.4 Å². The predicted octanol–water partition coefficient (Wildman–Crippen LogP) is 2.93. The van der Waals surface area contributed by atoms with Gasteiger partial charge in [-0.1, -0.05) is 11.6 Å². The number of piperidine rings is 1. The van der Waals surface area contributed by atoms with Crippen molar-refractivity contribution < 1.29 is 31.1 Å². The number of sulfonamides is 1. The van der Waals surface area contributed by atoms with Crippen LogP contribution in [0.5, 0.6) is 0 Å². The summed E-state index contributed by atoms with van der Waals surface area (Å²) in [5, 5.41) is -0.203. The molecule has 0 radical (unpaired) electrons. The molecule has 0 spiro atoms.